The number of rotatable bonds is 7. The van der Waals surface area contributed by atoms with Crippen molar-refractivity contribution in [3.8, 4) is 5.75 Å². The van der Waals surface area contributed by atoms with Crippen LogP contribution in [-0.2, 0) is 26.9 Å². The summed E-state index contributed by atoms with van der Waals surface area (Å²) < 4.78 is 48.8. The summed E-state index contributed by atoms with van der Waals surface area (Å²) in [5.74, 6) is -0.747. The predicted molar refractivity (Wildman–Crippen MR) is 101 cm³/mol. The van der Waals surface area contributed by atoms with Crippen LogP contribution in [0.5, 0.6) is 5.75 Å². The van der Waals surface area contributed by atoms with Crippen molar-refractivity contribution in [1.82, 2.24) is 5.32 Å². The van der Waals surface area contributed by atoms with E-state index in [9.17, 15) is 22.8 Å². The van der Waals surface area contributed by atoms with Crippen LogP contribution in [0.1, 0.15) is 16.7 Å². The molecule has 0 radical (unpaired) electrons. The third-order valence-electron chi connectivity index (χ3n) is 4.08. The van der Waals surface area contributed by atoms with Crippen LogP contribution in [0.15, 0.2) is 54.6 Å². The molecule has 0 aliphatic carbocycles. The Morgan fingerprint density at radius 1 is 1.07 bits per heavy atom. The van der Waals surface area contributed by atoms with Gasteiger partial charge >= 0.3 is 12.1 Å². The zero-order valence-corrected chi connectivity index (χ0v) is 15.8. The number of carbonyl (C=O) groups is 2. The van der Waals surface area contributed by atoms with E-state index >= 15 is 0 Å². The van der Waals surface area contributed by atoms with Crippen molar-refractivity contribution in [3.63, 3.8) is 0 Å². The lowest BCUT2D eigenvalue weighted by Gasteiger charge is -2.16. The van der Waals surface area contributed by atoms with Gasteiger partial charge < -0.3 is 14.8 Å². The maximum Gasteiger partial charge on any atom is 0.416 e. The molecule has 2 aromatic rings. The van der Waals surface area contributed by atoms with E-state index in [0.717, 1.165) is 23.8 Å². The fourth-order valence-corrected chi connectivity index (χ4v) is 2.62. The van der Waals surface area contributed by atoms with Crippen LogP contribution in [0.2, 0.25) is 0 Å². The Morgan fingerprint density at radius 3 is 2.31 bits per heavy atom. The molecule has 1 amide bonds. The van der Waals surface area contributed by atoms with Gasteiger partial charge in [0, 0.05) is 12.5 Å². The molecule has 29 heavy (non-hydrogen) atoms. The first-order valence-corrected chi connectivity index (χ1v) is 8.60. The normalized spacial score (nSPS) is 12.4. The summed E-state index contributed by atoms with van der Waals surface area (Å²) in [4.78, 5) is 24.2. The van der Waals surface area contributed by atoms with Crippen LogP contribution in [0, 0.1) is 0 Å². The number of nitrogens with one attached hydrogen (secondary N) is 1. The Bertz CT molecular complexity index is 876. The second-order valence-corrected chi connectivity index (χ2v) is 6.05. The largest absolute Gasteiger partial charge is 0.497 e. The van der Waals surface area contributed by atoms with Crippen LogP contribution < -0.4 is 10.1 Å². The molecular formula is C21H20F3NO4. The number of ether oxygens (including phenoxy) is 2. The molecule has 0 aromatic heterocycles. The molecule has 0 unspecified atom stereocenters. The summed E-state index contributed by atoms with van der Waals surface area (Å²) in [6, 6.07) is 10.8. The number of hydrogen-bond acceptors (Lipinski definition) is 4. The number of hydrogen-bond donors (Lipinski definition) is 1. The molecule has 1 N–H and O–H groups in total. The summed E-state index contributed by atoms with van der Waals surface area (Å²) in [6.45, 7) is 0. The third-order valence-corrected chi connectivity index (χ3v) is 4.08. The Kier molecular flexibility index (Phi) is 7.41. The van der Waals surface area contributed by atoms with Crippen molar-refractivity contribution in [2.24, 2.45) is 0 Å². The van der Waals surface area contributed by atoms with E-state index in [4.69, 9.17) is 9.47 Å². The molecular weight excluding hydrogens is 387 g/mol. The summed E-state index contributed by atoms with van der Waals surface area (Å²) in [5, 5.41) is 2.46. The van der Waals surface area contributed by atoms with Crippen LogP contribution >= 0.6 is 0 Å². The van der Waals surface area contributed by atoms with Gasteiger partial charge in [-0.25, -0.2) is 4.79 Å². The van der Waals surface area contributed by atoms with Gasteiger partial charge in [0.2, 0.25) is 5.91 Å². The summed E-state index contributed by atoms with van der Waals surface area (Å²) in [7, 11) is 2.71. The topological polar surface area (TPSA) is 64.6 Å². The number of esters is 1. The molecule has 2 aromatic carbocycles. The lowest BCUT2D eigenvalue weighted by molar-refractivity contribution is -0.144. The molecule has 2 rings (SSSR count). The van der Waals surface area contributed by atoms with E-state index in [2.05, 4.69) is 5.32 Å². The standard InChI is InChI=1S/C21H20F3NO4/c1-28-16-10-7-14(8-11-16)13-18(20(27)29-2)25-19(26)12-9-15-5-3-4-6-17(15)21(22,23)24/h3-12,18H,13H2,1-2H3,(H,25,26)/t18-/m0/s1. The quantitative estimate of drug-likeness (QED) is 0.562. The van der Waals surface area contributed by atoms with Gasteiger partial charge in [-0.05, 0) is 35.4 Å². The monoisotopic (exact) mass is 407 g/mol. The van der Waals surface area contributed by atoms with Gasteiger partial charge in [0.1, 0.15) is 11.8 Å². The molecule has 5 nitrogen and oxygen atoms in total. The average molecular weight is 407 g/mol. The highest BCUT2D eigenvalue weighted by atomic mass is 19.4. The van der Waals surface area contributed by atoms with Crippen molar-refractivity contribution in [2.75, 3.05) is 14.2 Å². The van der Waals surface area contributed by atoms with Crippen LogP contribution in [0.4, 0.5) is 13.2 Å². The smallest absolute Gasteiger partial charge is 0.416 e. The number of amides is 1. The minimum atomic E-state index is -4.54. The van der Waals surface area contributed by atoms with Crippen LogP contribution in [0.25, 0.3) is 6.08 Å². The zero-order chi connectivity index (χ0) is 21.4. The highest BCUT2D eigenvalue weighted by molar-refractivity contribution is 5.94. The molecule has 0 heterocycles. The molecule has 0 aliphatic heterocycles. The first kappa shape index (κ1) is 22.0. The molecule has 0 fully saturated rings. The number of carbonyl (C=O) groups excluding carboxylic acids is 2. The highest BCUT2D eigenvalue weighted by Crippen LogP contribution is 2.32. The highest BCUT2D eigenvalue weighted by Gasteiger charge is 2.32. The predicted octanol–water partition coefficient (Wildman–Crippen LogP) is 3.63. The molecule has 0 aliphatic rings. The molecule has 0 saturated heterocycles. The maximum atomic E-state index is 13.0. The molecule has 0 bridgehead atoms. The molecule has 8 heteroatoms. The van der Waals surface area contributed by atoms with Gasteiger partial charge in [0.05, 0.1) is 19.8 Å². The van der Waals surface area contributed by atoms with Gasteiger partial charge in [-0.15, -0.1) is 0 Å². The number of methoxy groups -OCH3 is 2. The van der Waals surface area contributed by atoms with E-state index in [1.807, 2.05) is 0 Å². The Hall–Kier alpha value is -3.29. The maximum absolute atomic E-state index is 13.0. The first-order valence-electron chi connectivity index (χ1n) is 8.60. The number of benzene rings is 2. The molecule has 1 atom stereocenters. The fraction of sp³-hybridized carbons (Fsp3) is 0.238. The fourth-order valence-electron chi connectivity index (χ4n) is 2.62. The van der Waals surface area contributed by atoms with Crippen molar-refractivity contribution in [2.45, 2.75) is 18.6 Å². The van der Waals surface area contributed by atoms with Gasteiger partial charge in [-0.1, -0.05) is 30.3 Å². The molecule has 154 valence electrons. The summed E-state index contributed by atoms with van der Waals surface area (Å²) in [6.07, 6.45) is -2.38. The van der Waals surface area contributed by atoms with Gasteiger partial charge in [-0.2, -0.15) is 13.2 Å². The van der Waals surface area contributed by atoms with Crippen molar-refractivity contribution in [1.29, 1.82) is 0 Å². The Morgan fingerprint density at radius 2 is 1.72 bits per heavy atom. The van der Waals surface area contributed by atoms with Crippen molar-refractivity contribution < 1.29 is 32.2 Å². The average Bonchev–Trinajstić information content (AvgIpc) is 2.71. The Labute approximate surface area is 166 Å². The lowest BCUT2D eigenvalue weighted by Crippen LogP contribution is -2.42. The van der Waals surface area contributed by atoms with E-state index in [0.29, 0.717) is 5.75 Å². The summed E-state index contributed by atoms with van der Waals surface area (Å²) in [5.41, 5.74) is -0.264. The van der Waals surface area contributed by atoms with E-state index in [1.54, 1.807) is 24.3 Å². The first-order chi connectivity index (χ1) is 13.7. The Balaban J connectivity index is 2.12. The van der Waals surface area contributed by atoms with E-state index in [1.165, 1.54) is 32.4 Å². The van der Waals surface area contributed by atoms with Gasteiger partial charge in [0.15, 0.2) is 0 Å². The second-order valence-electron chi connectivity index (χ2n) is 6.05. The minimum Gasteiger partial charge on any atom is -0.497 e. The molecule has 0 saturated carbocycles. The van der Waals surface area contributed by atoms with Crippen molar-refractivity contribution in [3.05, 3.63) is 71.3 Å². The van der Waals surface area contributed by atoms with Gasteiger partial charge in [-0.3, -0.25) is 4.79 Å². The molecule has 0 spiro atoms. The zero-order valence-electron chi connectivity index (χ0n) is 15.8. The SMILES string of the molecule is COC(=O)[C@H](Cc1ccc(OC)cc1)NC(=O)C=Cc1ccccc1C(F)(F)F. The summed E-state index contributed by atoms with van der Waals surface area (Å²) >= 11 is 0. The van der Waals surface area contributed by atoms with Crippen LogP contribution in [-0.4, -0.2) is 32.1 Å². The van der Waals surface area contributed by atoms with E-state index < -0.39 is 29.7 Å². The van der Waals surface area contributed by atoms with Crippen molar-refractivity contribution >= 4 is 18.0 Å². The lowest BCUT2D eigenvalue weighted by atomic mass is 10.1. The third kappa shape index (κ3) is 6.38. The van der Waals surface area contributed by atoms with Crippen LogP contribution in [0.3, 0.4) is 0 Å². The second kappa shape index (κ2) is 9.77. The number of alkyl halides is 3. The van der Waals surface area contributed by atoms with E-state index in [-0.39, 0.29) is 12.0 Å². The van der Waals surface area contributed by atoms with Gasteiger partial charge in [0.25, 0.3) is 0 Å². The number of halogens is 3. The minimum absolute atomic E-state index is 0.148.